The SMILES string of the molecule is CN1C(=CC2C(=O)C(O)C(C=C3Oc4ccccc4N3C)C2O)Oc2ccccc21. The smallest absolute Gasteiger partial charge is 0.197 e. The summed E-state index contributed by atoms with van der Waals surface area (Å²) in [7, 11) is 3.67. The second-order valence-electron chi connectivity index (χ2n) is 7.71. The molecule has 5 rings (SSSR count). The van der Waals surface area contributed by atoms with Crippen LogP contribution in [0.1, 0.15) is 0 Å². The zero-order valence-corrected chi connectivity index (χ0v) is 16.6. The number of carbonyl (C=O) groups excluding carboxylic acids is 1. The van der Waals surface area contributed by atoms with Crippen LogP contribution in [0.5, 0.6) is 11.5 Å². The van der Waals surface area contributed by atoms with Crippen molar-refractivity contribution in [1.29, 1.82) is 0 Å². The van der Waals surface area contributed by atoms with Gasteiger partial charge in [0.25, 0.3) is 0 Å². The monoisotopic (exact) mass is 406 g/mol. The molecule has 3 aliphatic rings. The minimum atomic E-state index is -1.33. The number of ketones is 1. The van der Waals surface area contributed by atoms with Crippen LogP contribution in [0, 0.1) is 11.8 Å². The molecule has 1 aliphatic carbocycles. The maximum absolute atomic E-state index is 12.8. The molecule has 1 fully saturated rings. The van der Waals surface area contributed by atoms with Crippen molar-refractivity contribution >= 4 is 17.2 Å². The Bertz CT molecular complexity index is 1080. The van der Waals surface area contributed by atoms with E-state index in [0.29, 0.717) is 23.3 Å². The number of rotatable bonds is 2. The molecule has 2 aromatic rings. The zero-order valence-electron chi connectivity index (χ0n) is 16.6. The van der Waals surface area contributed by atoms with Crippen LogP contribution in [0.25, 0.3) is 0 Å². The third kappa shape index (κ3) is 2.78. The number of fused-ring (bicyclic) bond motifs is 2. The van der Waals surface area contributed by atoms with E-state index in [1.165, 1.54) is 0 Å². The van der Waals surface area contributed by atoms with Gasteiger partial charge in [-0.15, -0.1) is 0 Å². The van der Waals surface area contributed by atoms with Crippen molar-refractivity contribution < 1.29 is 24.5 Å². The van der Waals surface area contributed by atoms with E-state index >= 15 is 0 Å². The fraction of sp³-hybridized carbons (Fsp3) is 0.261. The van der Waals surface area contributed by atoms with Crippen LogP contribution in [-0.2, 0) is 4.79 Å². The molecule has 7 heteroatoms. The molecule has 2 aliphatic heterocycles. The van der Waals surface area contributed by atoms with E-state index in [0.717, 1.165) is 11.4 Å². The van der Waals surface area contributed by atoms with E-state index in [-0.39, 0.29) is 0 Å². The summed E-state index contributed by atoms with van der Waals surface area (Å²) >= 11 is 0. The van der Waals surface area contributed by atoms with Crippen LogP contribution < -0.4 is 19.3 Å². The standard InChI is InChI=1S/C23H22N2O5/c1-24-15-7-3-5-9-17(15)29-19(24)11-13-21(26)14(23(28)22(13)27)12-20-25(2)16-8-4-6-10-18(16)30-20/h3-14,21-22,26-27H,1-2H3. The Hall–Kier alpha value is -3.29. The molecule has 1 saturated carbocycles. The highest BCUT2D eigenvalue weighted by Crippen LogP contribution is 2.42. The number of aliphatic hydroxyl groups excluding tert-OH is 2. The van der Waals surface area contributed by atoms with E-state index in [2.05, 4.69) is 0 Å². The van der Waals surface area contributed by atoms with Crippen molar-refractivity contribution in [2.45, 2.75) is 12.2 Å². The number of anilines is 2. The predicted octanol–water partition coefficient (Wildman–Crippen LogP) is 2.26. The second kappa shape index (κ2) is 6.90. The van der Waals surface area contributed by atoms with E-state index in [1.807, 2.05) is 72.4 Å². The summed E-state index contributed by atoms with van der Waals surface area (Å²) in [5.74, 6) is 0.185. The van der Waals surface area contributed by atoms with Crippen LogP contribution in [0.4, 0.5) is 11.4 Å². The van der Waals surface area contributed by atoms with Gasteiger partial charge in [0, 0.05) is 20.0 Å². The molecule has 0 saturated heterocycles. The van der Waals surface area contributed by atoms with Gasteiger partial charge < -0.3 is 29.5 Å². The zero-order chi connectivity index (χ0) is 21.0. The molecule has 4 atom stereocenters. The summed E-state index contributed by atoms with van der Waals surface area (Å²) in [4.78, 5) is 16.4. The highest BCUT2D eigenvalue weighted by molar-refractivity contribution is 5.91. The molecule has 154 valence electrons. The normalized spacial score (nSPS) is 29.9. The number of hydrogen-bond donors (Lipinski definition) is 2. The molecule has 0 amide bonds. The molecule has 2 heterocycles. The fourth-order valence-electron chi connectivity index (χ4n) is 4.20. The molecule has 0 aromatic heterocycles. The van der Waals surface area contributed by atoms with Crippen molar-refractivity contribution in [3.8, 4) is 11.5 Å². The van der Waals surface area contributed by atoms with Crippen LogP contribution in [0.15, 0.2) is 72.4 Å². The number of ether oxygens (including phenoxy) is 2. The lowest BCUT2D eigenvalue weighted by molar-refractivity contribution is -0.127. The Balaban J connectivity index is 1.41. The number of para-hydroxylation sites is 4. The van der Waals surface area contributed by atoms with Gasteiger partial charge in [-0.05, 0) is 36.4 Å². The molecule has 0 radical (unpaired) electrons. The van der Waals surface area contributed by atoms with Crippen molar-refractivity contribution in [2.24, 2.45) is 11.8 Å². The van der Waals surface area contributed by atoms with Gasteiger partial charge in [0.05, 0.1) is 23.4 Å². The first-order valence-corrected chi connectivity index (χ1v) is 9.80. The number of Topliss-reactive ketones (excluding diaryl/α,β-unsaturated/α-hetero) is 1. The van der Waals surface area contributed by atoms with E-state index < -0.39 is 29.8 Å². The third-order valence-corrected chi connectivity index (χ3v) is 5.95. The fourth-order valence-corrected chi connectivity index (χ4v) is 4.20. The Morgan fingerprint density at radius 2 is 1.33 bits per heavy atom. The van der Waals surface area contributed by atoms with Gasteiger partial charge in [-0.1, -0.05) is 24.3 Å². The lowest BCUT2D eigenvalue weighted by atomic mass is 9.99. The highest BCUT2D eigenvalue weighted by Gasteiger charge is 2.48. The van der Waals surface area contributed by atoms with Gasteiger partial charge in [-0.25, -0.2) is 0 Å². The first kappa shape index (κ1) is 18.7. The summed E-state index contributed by atoms with van der Waals surface area (Å²) in [6, 6.07) is 15.1. The molecule has 7 nitrogen and oxygen atoms in total. The number of aliphatic hydroxyl groups is 2. The topological polar surface area (TPSA) is 82.5 Å². The lowest BCUT2D eigenvalue weighted by Gasteiger charge is -2.18. The van der Waals surface area contributed by atoms with Gasteiger partial charge in [-0.2, -0.15) is 0 Å². The summed E-state index contributed by atoms with van der Waals surface area (Å²) in [5.41, 5.74) is 1.76. The maximum Gasteiger partial charge on any atom is 0.197 e. The predicted molar refractivity (Wildman–Crippen MR) is 111 cm³/mol. The quantitative estimate of drug-likeness (QED) is 0.792. The average Bonchev–Trinajstić information content (AvgIpc) is 3.31. The summed E-state index contributed by atoms with van der Waals surface area (Å²) in [6.45, 7) is 0. The summed E-state index contributed by atoms with van der Waals surface area (Å²) in [5, 5.41) is 21.5. The summed E-state index contributed by atoms with van der Waals surface area (Å²) in [6.07, 6.45) is 0.778. The Labute approximate surface area is 174 Å². The Morgan fingerprint density at radius 1 is 0.833 bits per heavy atom. The molecular weight excluding hydrogens is 384 g/mol. The highest BCUT2D eigenvalue weighted by atomic mass is 16.5. The Morgan fingerprint density at radius 3 is 1.87 bits per heavy atom. The van der Waals surface area contributed by atoms with Gasteiger partial charge in [0.15, 0.2) is 29.0 Å². The first-order valence-electron chi connectivity index (χ1n) is 9.80. The molecular formula is C23H22N2O5. The van der Waals surface area contributed by atoms with Crippen LogP contribution in [0.2, 0.25) is 0 Å². The molecule has 2 aromatic carbocycles. The molecule has 30 heavy (non-hydrogen) atoms. The van der Waals surface area contributed by atoms with Gasteiger partial charge in [0.2, 0.25) is 0 Å². The van der Waals surface area contributed by atoms with Crippen molar-refractivity contribution in [3.63, 3.8) is 0 Å². The number of hydrogen-bond acceptors (Lipinski definition) is 7. The molecule has 4 unspecified atom stereocenters. The van der Waals surface area contributed by atoms with E-state index in [9.17, 15) is 15.0 Å². The minimum Gasteiger partial charge on any atom is -0.439 e. The third-order valence-electron chi connectivity index (χ3n) is 5.95. The van der Waals surface area contributed by atoms with Crippen LogP contribution in [0.3, 0.4) is 0 Å². The molecule has 0 bridgehead atoms. The number of carbonyl (C=O) groups is 1. The largest absolute Gasteiger partial charge is 0.439 e. The van der Waals surface area contributed by atoms with Gasteiger partial charge in [-0.3, -0.25) is 4.79 Å². The lowest BCUT2D eigenvalue weighted by Crippen LogP contribution is -2.26. The van der Waals surface area contributed by atoms with E-state index in [1.54, 1.807) is 12.2 Å². The van der Waals surface area contributed by atoms with Crippen LogP contribution in [-0.4, -0.2) is 42.3 Å². The molecule has 0 spiro atoms. The van der Waals surface area contributed by atoms with Gasteiger partial charge in [0.1, 0.15) is 6.10 Å². The van der Waals surface area contributed by atoms with Crippen molar-refractivity contribution in [1.82, 2.24) is 0 Å². The number of benzene rings is 2. The van der Waals surface area contributed by atoms with Crippen molar-refractivity contribution in [2.75, 3.05) is 23.9 Å². The van der Waals surface area contributed by atoms with Crippen LogP contribution >= 0.6 is 0 Å². The Kier molecular flexibility index (Phi) is 4.30. The average molecular weight is 406 g/mol. The molecule has 2 N–H and O–H groups in total. The maximum atomic E-state index is 12.8. The minimum absolute atomic E-state index is 0.442. The van der Waals surface area contributed by atoms with Crippen molar-refractivity contribution in [3.05, 3.63) is 72.4 Å². The first-order chi connectivity index (χ1) is 14.5. The summed E-state index contributed by atoms with van der Waals surface area (Å²) < 4.78 is 11.7. The van der Waals surface area contributed by atoms with E-state index in [4.69, 9.17) is 9.47 Å². The van der Waals surface area contributed by atoms with Gasteiger partial charge >= 0.3 is 0 Å². The second-order valence-corrected chi connectivity index (χ2v) is 7.71. The number of nitrogens with zero attached hydrogens (tertiary/aromatic N) is 2.